The Morgan fingerprint density at radius 3 is 2.86 bits per heavy atom. The molecule has 3 rings (SSSR count). The van der Waals surface area contributed by atoms with Crippen LogP contribution in [0.25, 0.3) is 0 Å². The lowest BCUT2D eigenvalue weighted by atomic mass is 10.0. The van der Waals surface area contributed by atoms with E-state index >= 15 is 0 Å². The molecule has 7 heteroatoms. The van der Waals surface area contributed by atoms with Gasteiger partial charge in [-0.3, -0.25) is 4.79 Å². The van der Waals surface area contributed by atoms with Crippen LogP contribution in [0.4, 0.5) is 5.69 Å². The highest BCUT2D eigenvalue weighted by molar-refractivity contribution is 6.02. The van der Waals surface area contributed by atoms with Gasteiger partial charge >= 0.3 is 0 Å². The first kappa shape index (κ1) is 19.7. The number of ether oxygens (including phenoxy) is 2. The van der Waals surface area contributed by atoms with Crippen molar-refractivity contribution in [1.29, 1.82) is 0 Å². The van der Waals surface area contributed by atoms with Crippen molar-refractivity contribution in [3.63, 3.8) is 0 Å². The lowest BCUT2D eigenvalue weighted by Crippen LogP contribution is -2.10. The molecule has 7 nitrogen and oxygen atoms in total. The minimum absolute atomic E-state index is 0.214. The van der Waals surface area contributed by atoms with Crippen LogP contribution in [0.5, 0.6) is 5.75 Å². The Kier molecular flexibility index (Phi) is 6.16. The normalized spacial score (nSPS) is 11.0. The third-order valence-electron chi connectivity index (χ3n) is 4.20. The summed E-state index contributed by atoms with van der Waals surface area (Å²) in [7, 11) is 1.58. The number of methoxy groups -OCH3 is 1. The Bertz CT molecular complexity index is 943. The van der Waals surface area contributed by atoms with E-state index < -0.39 is 0 Å². The van der Waals surface area contributed by atoms with Crippen molar-refractivity contribution >= 4 is 11.6 Å². The Labute approximate surface area is 164 Å². The van der Waals surface area contributed by atoms with Gasteiger partial charge in [0.2, 0.25) is 0 Å². The fourth-order valence-corrected chi connectivity index (χ4v) is 2.79. The monoisotopic (exact) mass is 383 g/mol. The summed E-state index contributed by atoms with van der Waals surface area (Å²) in [6, 6.07) is 9.55. The maximum absolute atomic E-state index is 12.3. The van der Waals surface area contributed by atoms with Gasteiger partial charge < -0.3 is 19.2 Å². The summed E-state index contributed by atoms with van der Waals surface area (Å²) in [6.45, 7) is 6.85. The smallest absolute Gasteiger partial charge is 0.291 e. The zero-order valence-corrected chi connectivity index (χ0v) is 16.6. The number of carbonyl (C=O) groups excluding carboxylic acids is 1. The number of furan rings is 1. The minimum atomic E-state index is -0.346. The van der Waals surface area contributed by atoms with Crippen LogP contribution in [0.15, 0.2) is 47.1 Å². The van der Waals surface area contributed by atoms with Gasteiger partial charge in [0.15, 0.2) is 5.76 Å². The van der Waals surface area contributed by atoms with Gasteiger partial charge in [0.25, 0.3) is 5.91 Å². The molecule has 0 unspecified atom stereocenters. The molecule has 0 saturated heterocycles. The lowest BCUT2D eigenvalue weighted by Gasteiger charge is -2.14. The van der Waals surface area contributed by atoms with Crippen molar-refractivity contribution < 1.29 is 18.7 Å². The van der Waals surface area contributed by atoms with E-state index in [9.17, 15) is 4.79 Å². The average molecular weight is 383 g/mol. The molecule has 1 aromatic carbocycles. The topological polar surface area (TPSA) is 78.5 Å². The molecule has 0 radical (unpaired) electrons. The van der Waals surface area contributed by atoms with Crippen molar-refractivity contribution in [2.75, 3.05) is 12.4 Å². The van der Waals surface area contributed by atoms with E-state index in [1.165, 1.54) is 0 Å². The van der Waals surface area contributed by atoms with Crippen LogP contribution >= 0.6 is 0 Å². The van der Waals surface area contributed by atoms with Crippen molar-refractivity contribution in [3.05, 3.63) is 65.4 Å². The highest BCUT2D eigenvalue weighted by atomic mass is 16.5. The molecule has 0 aliphatic heterocycles. The fraction of sp³-hybridized carbons (Fsp3) is 0.333. The Morgan fingerprint density at radius 1 is 1.29 bits per heavy atom. The van der Waals surface area contributed by atoms with Crippen LogP contribution in [-0.4, -0.2) is 22.8 Å². The Balaban J connectivity index is 1.62. The molecule has 0 aliphatic rings. The van der Waals surface area contributed by atoms with Crippen LogP contribution in [-0.2, 0) is 18.1 Å². The molecule has 0 spiro atoms. The first-order valence-corrected chi connectivity index (χ1v) is 9.11. The molecule has 1 amide bonds. The molecule has 0 aliphatic carbocycles. The first-order chi connectivity index (χ1) is 13.5. The second-order valence-corrected chi connectivity index (χ2v) is 6.89. The molecule has 0 saturated carbocycles. The van der Waals surface area contributed by atoms with E-state index in [1.54, 1.807) is 36.3 Å². The van der Waals surface area contributed by atoms with Crippen molar-refractivity contribution in [2.24, 2.45) is 0 Å². The maximum Gasteiger partial charge on any atom is 0.291 e. The number of nitrogens with zero attached hydrogens (tertiary/aromatic N) is 2. The molecule has 28 heavy (non-hydrogen) atoms. The summed E-state index contributed by atoms with van der Waals surface area (Å²) in [5.41, 5.74) is 2.84. The van der Waals surface area contributed by atoms with Crippen LogP contribution in [0, 0.1) is 6.92 Å². The van der Waals surface area contributed by atoms with Gasteiger partial charge in [0, 0.05) is 7.11 Å². The molecule has 3 aromatic rings. The molecular formula is C21H25N3O4. The van der Waals surface area contributed by atoms with Gasteiger partial charge in [-0.05, 0) is 42.2 Å². The lowest BCUT2D eigenvalue weighted by molar-refractivity contribution is 0.0992. The first-order valence-electron chi connectivity index (χ1n) is 9.11. The van der Waals surface area contributed by atoms with Crippen LogP contribution in [0.3, 0.4) is 0 Å². The third-order valence-corrected chi connectivity index (χ3v) is 4.20. The van der Waals surface area contributed by atoms with Crippen molar-refractivity contribution in [1.82, 2.24) is 9.78 Å². The Morgan fingerprint density at radius 2 is 2.11 bits per heavy atom. The van der Waals surface area contributed by atoms with Gasteiger partial charge in [-0.2, -0.15) is 5.10 Å². The van der Waals surface area contributed by atoms with E-state index in [-0.39, 0.29) is 18.3 Å². The van der Waals surface area contributed by atoms with Gasteiger partial charge in [-0.25, -0.2) is 4.68 Å². The van der Waals surface area contributed by atoms with E-state index in [1.807, 2.05) is 13.0 Å². The number of anilines is 1. The van der Waals surface area contributed by atoms with Crippen molar-refractivity contribution in [2.45, 2.75) is 40.0 Å². The third kappa shape index (κ3) is 4.80. The zero-order chi connectivity index (χ0) is 20.1. The molecule has 148 valence electrons. The van der Waals surface area contributed by atoms with E-state index in [0.29, 0.717) is 24.1 Å². The molecule has 0 fully saturated rings. The second kappa shape index (κ2) is 8.75. The number of hydrogen-bond acceptors (Lipinski definition) is 5. The van der Waals surface area contributed by atoms with Gasteiger partial charge in [-0.1, -0.05) is 26.0 Å². The summed E-state index contributed by atoms with van der Waals surface area (Å²) in [5, 5.41) is 6.82. The van der Waals surface area contributed by atoms with E-state index in [4.69, 9.17) is 13.9 Å². The quantitative estimate of drug-likeness (QED) is 0.626. The summed E-state index contributed by atoms with van der Waals surface area (Å²) >= 11 is 0. The highest BCUT2D eigenvalue weighted by Gasteiger charge is 2.14. The van der Waals surface area contributed by atoms with Gasteiger partial charge in [-0.15, -0.1) is 0 Å². The molecule has 0 atom stereocenters. The number of amides is 1. The van der Waals surface area contributed by atoms with Crippen LogP contribution in [0.2, 0.25) is 0 Å². The van der Waals surface area contributed by atoms with Crippen molar-refractivity contribution in [3.8, 4) is 5.75 Å². The van der Waals surface area contributed by atoms with Gasteiger partial charge in [0.05, 0.1) is 18.1 Å². The predicted molar refractivity (Wildman–Crippen MR) is 105 cm³/mol. The highest BCUT2D eigenvalue weighted by Crippen LogP contribution is 2.28. The Hall–Kier alpha value is -3.06. The summed E-state index contributed by atoms with van der Waals surface area (Å²) in [5.74, 6) is 1.64. The fourth-order valence-electron chi connectivity index (χ4n) is 2.79. The SMILES string of the molecule is COCn1cc(NC(=O)c2ccc(COc3cc(C)ccc3C(C)C)o2)cn1. The average Bonchev–Trinajstić information content (AvgIpc) is 3.29. The van der Waals surface area contributed by atoms with E-state index in [2.05, 4.69) is 36.4 Å². The summed E-state index contributed by atoms with van der Waals surface area (Å²) < 4.78 is 18.1. The number of aryl methyl sites for hydroxylation is 1. The minimum Gasteiger partial charge on any atom is -0.485 e. The summed E-state index contributed by atoms with van der Waals surface area (Å²) in [4.78, 5) is 12.3. The molecular weight excluding hydrogens is 358 g/mol. The van der Waals surface area contributed by atoms with Crippen LogP contribution < -0.4 is 10.1 Å². The van der Waals surface area contributed by atoms with Crippen LogP contribution in [0.1, 0.15) is 47.2 Å². The number of nitrogens with one attached hydrogen (secondary N) is 1. The molecule has 0 bridgehead atoms. The maximum atomic E-state index is 12.3. The largest absolute Gasteiger partial charge is 0.485 e. The summed E-state index contributed by atoms with van der Waals surface area (Å²) in [6.07, 6.45) is 3.23. The second-order valence-electron chi connectivity index (χ2n) is 6.89. The van der Waals surface area contributed by atoms with Gasteiger partial charge in [0.1, 0.15) is 24.8 Å². The number of rotatable bonds is 8. The number of aromatic nitrogens is 2. The number of carbonyl (C=O) groups is 1. The molecule has 1 N–H and O–H groups in total. The zero-order valence-electron chi connectivity index (χ0n) is 16.6. The standard InChI is InChI=1S/C21H25N3O4/c1-14(2)18-7-5-15(3)9-20(18)27-12-17-6-8-19(28-17)21(25)23-16-10-22-24(11-16)13-26-4/h5-11,14H,12-13H2,1-4H3,(H,23,25). The number of hydrogen-bond donors (Lipinski definition) is 1. The number of benzene rings is 1. The predicted octanol–water partition coefficient (Wildman–Crippen LogP) is 4.34. The molecule has 2 heterocycles. The molecule has 2 aromatic heterocycles. The van der Waals surface area contributed by atoms with E-state index in [0.717, 1.165) is 16.9 Å².